The molecule has 0 aliphatic carbocycles. The van der Waals surface area contributed by atoms with E-state index in [0.717, 1.165) is 5.75 Å². The van der Waals surface area contributed by atoms with Gasteiger partial charge < -0.3 is 9.80 Å². The van der Waals surface area contributed by atoms with Gasteiger partial charge in [0.25, 0.3) is 0 Å². The van der Waals surface area contributed by atoms with Gasteiger partial charge in [-0.2, -0.15) is 10.5 Å². The summed E-state index contributed by atoms with van der Waals surface area (Å²) >= 11 is 1.74. The zero-order valence-corrected chi connectivity index (χ0v) is 9.53. The molecule has 0 saturated carbocycles. The Bertz CT molecular complexity index is 345. The summed E-state index contributed by atoms with van der Waals surface area (Å²) in [5.74, 6) is 0.982. The molecule has 0 aromatic heterocycles. The molecule has 1 aliphatic rings. The highest BCUT2D eigenvalue weighted by Crippen LogP contribution is 2.25. The molecule has 0 N–H and O–H groups in total. The maximum absolute atomic E-state index is 8.66. The Labute approximate surface area is 94.1 Å². The fraction of sp³-hybridized carbons (Fsp3) is 0.400. The third-order valence-electron chi connectivity index (χ3n) is 1.91. The summed E-state index contributed by atoms with van der Waals surface area (Å²) in [6.45, 7) is 2.08. The van der Waals surface area contributed by atoms with Crippen molar-refractivity contribution < 1.29 is 0 Å². The van der Waals surface area contributed by atoms with Gasteiger partial charge >= 0.3 is 0 Å². The molecule has 15 heavy (non-hydrogen) atoms. The van der Waals surface area contributed by atoms with E-state index in [1.165, 1.54) is 0 Å². The number of hydrogen-bond acceptors (Lipinski definition) is 5. The second-order valence-electron chi connectivity index (χ2n) is 2.96. The van der Waals surface area contributed by atoms with Crippen LogP contribution in [0.25, 0.3) is 0 Å². The molecule has 1 rings (SSSR count). The van der Waals surface area contributed by atoms with Crippen molar-refractivity contribution in [3.63, 3.8) is 0 Å². The van der Waals surface area contributed by atoms with Crippen LogP contribution in [0.1, 0.15) is 6.92 Å². The minimum absolute atomic E-state index is 0.122. The SMILES string of the molecule is CCSC1N(C)C=CN1C=C(C#N)C#N. The molecule has 5 heteroatoms. The van der Waals surface area contributed by atoms with E-state index in [0.29, 0.717) is 0 Å². The van der Waals surface area contributed by atoms with E-state index in [1.807, 2.05) is 41.4 Å². The minimum Gasteiger partial charge on any atom is -0.350 e. The molecular weight excluding hydrogens is 208 g/mol. The van der Waals surface area contributed by atoms with Gasteiger partial charge in [0, 0.05) is 25.6 Å². The topological polar surface area (TPSA) is 54.1 Å². The summed E-state index contributed by atoms with van der Waals surface area (Å²) in [5, 5.41) is 17.3. The molecule has 0 bridgehead atoms. The van der Waals surface area contributed by atoms with E-state index < -0.39 is 0 Å². The van der Waals surface area contributed by atoms with Gasteiger partial charge in [0.15, 0.2) is 5.50 Å². The highest BCUT2D eigenvalue weighted by molar-refractivity contribution is 7.99. The fourth-order valence-electron chi connectivity index (χ4n) is 1.23. The van der Waals surface area contributed by atoms with Gasteiger partial charge in [0.1, 0.15) is 17.7 Å². The van der Waals surface area contributed by atoms with Gasteiger partial charge in [-0.15, -0.1) is 11.8 Å². The first-order valence-electron chi connectivity index (χ1n) is 4.54. The monoisotopic (exact) mass is 220 g/mol. The zero-order valence-electron chi connectivity index (χ0n) is 8.71. The molecule has 1 unspecified atom stereocenters. The maximum atomic E-state index is 8.66. The van der Waals surface area contributed by atoms with Crippen LogP contribution in [0.15, 0.2) is 24.2 Å². The van der Waals surface area contributed by atoms with E-state index in [1.54, 1.807) is 18.0 Å². The fourth-order valence-corrected chi connectivity index (χ4v) is 2.14. The first-order chi connectivity index (χ1) is 7.22. The third kappa shape index (κ3) is 2.68. The Morgan fingerprint density at radius 2 is 2.13 bits per heavy atom. The van der Waals surface area contributed by atoms with Crippen molar-refractivity contribution in [2.45, 2.75) is 12.4 Å². The van der Waals surface area contributed by atoms with Crippen molar-refractivity contribution in [3.8, 4) is 12.1 Å². The number of allylic oxidation sites excluding steroid dienone is 1. The van der Waals surface area contributed by atoms with Crippen LogP contribution in [0.5, 0.6) is 0 Å². The van der Waals surface area contributed by atoms with Crippen LogP contribution < -0.4 is 0 Å². The van der Waals surface area contributed by atoms with E-state index in [9.17, 15) is 0 Å². The predicted octanol–water partition coefficient (Wildman–Crippen LogP) is 1.67. The average Bonchev–Trinajstić information content (AvgIpc) is 2.58. The summed E-state index contributed by atoms with van der Waals surface area (Å²) in [6.07, 6.45) is 5.37. The van der Waals surface area contributed by atoms with Crippen molar-refractivity contribution in [3.05, 3.63) is 24.2 Å². The molecule has 0 amide bonds. The molecule has 0 aromatic rings. The summed E-state index contributed by atoms with van der Waals surface area (Å²) in [5.41, 5.74) is 0.267. The second-order valence-corrected chi connectivity index (χ2v) is 4.29. The summed E-state index contributed by atoms with van der Waals surface area (Å²) in [7, 11) is 1.97. The average molecular weight is 220 g/mol. The standard InChI is InChI=1S/C10H12N4S/c1-3-15-10-13(2)4-5-14(10)8-9(6-11)7-12/h4-5,8,10H,3H2,1-2H3. The van der Waals surface area contributed by atoms with Crippen molar-refractivity contribution >= 4 is 11.8 Å². The Hall–Kier alpha value is -1.59. The van der Waals surface area contributed by atoms with Crippen molar-refractivity contribution in [2.75, 3.05) is 12.8 Å². The number of rotatable bonds is 3. The van der Waals surface area contributed by atoms with Crippen LogP contribution in [-0.4, -0.2) is 28.1 Å². The normalized spacial score (nSPS) is 18.5. The van der Waals surface area contributed by atoms with Gasteiger partial charge in [-0.05, 0) is 5.75 Å². The van der Waals surface area contributed by atoms with E-state index in [2.05, 4.69) is 6.92 Å². The Balaban J connectivity index is 2.79. The van der Waals surface area contributed by atoms with Crippen molar-refractivity contribution in [2.24, 2.45) is 0 Å². The van der Waals surface area contributed by atoms with Crippen molar-refractivity contribution in [1.29, 1.82) is 10.5 Å². The first kappa shape index (κ1) is 11.5. The minimum atomic E-state index is 0.122. The molecule has 0 saturated heterocycles. The first-order valence-corrected chi connectivity index (χ1v) is 5.59. The molecule has 0 spiro atoms. The number of nitriles is 2. The lowest BCUT2D eigenvalue weighted by atomic mass is 10.3. The largest absolute Gasteiger partial charge is 0.350 e. The van der Waals surface area contributed by atoms with Crippen LogP contribution >= 0.6 is 11.8 Å². The smallest absolute Gasteiger partial charge is 0.153 e. The molecule has 1 atom stereocenters. The summed E-state index contributed by atoms with van der Waals surface area (Å²) in [4.78, 5) is 3.91. The van der Waals surface area contributed by atoms with E-state index in [4.69, 9.17) is 10.5 Å². The number of thioether (sulfide) groups is 1. The lowest BCUT2D eigenvalue weighted by Gasteiger charge is -2.26. The third-order valence-corrected chi connectivity index (χ3v) is 3.12. The van der Waals surface area contributed by atoms with E-state index in [-0.39, 0.29) is 11.1 Å². The number of hydrogen-bond donors (Lipinski definition) is 0. The van der Waals surface area contributed by atoms with Gasteiger partial charge in [0.05, 0.1) is 0 Å². The van der Waals surface area contributed by atoms with Crippen LogP contribution in [0.2, 0.25) is 0 Å². The molecule has 1 aliphatic heterocycles. The van der Waals surface area contributed by atoms with Crippen LogP contribution in [0.4, 0.5) is 0 Å². The van der Waals surface area contributed by atoms with Crippen LogP contribution in [0, 0.1) is 22.7 Å². The molecule has 1 heterocycles. The molecule has 78 valence electrons. The zero-order chi connectivity index (χ0) is 11.3. The van der Waals surface area contributed by atoms with Gasteiger partial charge in [-0.1, -0.05) is 6.92 Å². The van der Waals surface area contributed by atoms with Gasteiger partial charge in [-0.3, -0.25) is 0 Å². The van der Waals surface area contributed by atoms with Crippen LogP contribution in [-0.2, 0) is 0 Å². The lowest BCUT2D eigenvalue weighted by Crippen LogP contribution is -2.30. The van der Waals surface area contributed by atoms with Gasteiger partial charge in [0.2, 0.25) is 0 Å². The summed E-state index contributed by atoms with van der Waals surface area (Å²) < 4.78 is 0. The Morgan fingerprint density at radius 1 is 1.47 bits per heavy atom. The van der Waals surface area contributed by atoms with Crippen molar-refractivity contribution in [1.82, 2.24) is 9.80 Å². The number of nitrogens with zero attached hydrogens (tertiary/aromatic N) is 4. The van der Waals surface area contributed by atoms with Gasteiger partial charge in [-0.25, -0.2) is 0 Å². The quantitative estimate of drug-likeness (QED) is 0.677. The van der Waals surface area contributed by atoms with Crippen LogP contribution in [0.3, 0.4) is 0 Å². The Kier molecular flexibility index (Phi) is 4.08. The summed E-state index contributed by atoms with van der Waals surface area (Å²) in [6, 6.07) is 3.71. The lowest BCUT2D eigenvalue weighted by molar-refractivity contribution is 0.324. The van der Waals surface area contributed by atoms with E-state index >= 15 is 0 Å². The highest BCUT2D eigenvalue weighted by Gasteiger charge is 2.22. The maximum Gasteiger partial charge on any atom is 0.153 e. The molecular formula is C10H12N4S. The highest BCUT2D eigenvalue weighted by atomic mass is 32.2. The molecule has 0 aromatic carbocycles. The predicted molar refractivity (Wildman–Crippen MR) is 60.0 cm³/mol. The molecule has 0 radical (unpaired) electrons. The Morgan fingerprint density at radius 3 is 2.67 bits per heavy atom. The molecule has 4 nitrogen and oxygen atoms in total. The second kappa shape index (κ2) is 5.33. The molecule has 0 fully saturated rings.